The number of hydrogen-bond acceptors (Lipinski definition) is 2. The third-order valence-corrected chi connectivity index (χ3v) is 0.952. The molecular formula is C5H11N2O2. The van der Waals surface area contributed by atoms with Gasteiger partial charge in [-0.15, -0.1) is 0 Å². The van der Waals surface area contributed by atoms with Crippen LogP contribution >= 0.6 is 0 Å². The number of aliphatic hydroxyl groups excluding tert-OH is 1. The van der Waals surface area contributed by atoms with E-state index in [2.05, 4.69) is 6.92 Å². The van der Waals surface area contributed by atoms with E-state index in [9.17, 15) is 4.79 Å². The van der Waals surface area contributed by atoms with Gasteiger partial charge in [-0.25, -0.2) is 4.79 Å². The summed E-state index contributed by atoms with van der Waals surface area (Å²) in [6.45, 7) is 3.93. The van der Waals surface area contributed by atoms with Gasteiger partial charge in [0.15, 0.2) is 0 Å². The number of nitrogens with zero attached hydrogens (tertiary/aromatic N) is 1. The lowest BCUT2D eigenvalue weighted by Crippen LogP contribution is -2.37. The number of hydrogen-bond donors (Lipinski definition) is 2. The van der Waals surface area contributed by atoms with Gasteiger partial charge in [-0.3, -0.25) is 0 Å². The van der Waals surface area contributed by atoms with Crippen LogP contribution in [0.1, 0.15) is 0 Å². The van der Waals surface area contributed by atoms with Gasteiger partial charge in [0.1, 0.15) is 0 Å². The molecule has 1 radical (unpaired) electrons. The SMILES string of the molecule is [CH2]CN(CCO)C(N)=O. The van der Waals surface area contributed by atoms with E-state index in [4.69, 9.17) is 10.8 Å². The minimum atomic E-state index is -0.543. The maximum atomic E-state index is 10.3. The maximum absolute atomic E-state index is 10.3. The Morgan fingerprint density at radius 2 is 2.33 bits per heavy atom. The van der Waals surface area contributed by atoms with Gasteiger partial charge in [-0.05, 0) is 6.92 Å². The van der Waals surface area contributed by atoms with Gasteiger partial charge < -0.3 is 15.7 Å². The summed E-state index contributed by atoms with van der Waals surface area (Å²) >= 11 is 0. The van der Waals surface area contributed by atoms with E-state index < -0.39 is 6.03 Å². The fraction of sp³-hybridized carbons (Fsp3) is 0.600. The summed E-state index contributed by atoms with van der Waals surface area (Å²) in [6.07, 6.45) is 0. The second kappa shape index (κ2) is 4.14. The molecule has 53 valence electrons. The molecule has 0 unspecified atom stereocenters. The number of carbonyl (C=O) groups is 1. The molecule has 0 aliphatic heterocycles. The van der Waals surface area contributed by atoms with Gasteiger partial charge >= 0.3 is 6.03 Å². The molecule has 0 aromatic carbocycles. The van der Waals surface area contributed by atoms with Crippen LogP contribution in [0.2, 0.25) is 0 Å². The molecule has 0 saturated carbocycles. The number of urea groups is 1. The molecule has 0 heterocycles. The van der Waals surface area contributed by atoms with Crippen molar-refractivity contribution >= 4 is 6.03 Å². The number of nitrogens with two attached hydrogens (primary N) is 1. The molecule has 0 spiro atoms. The zero-order valence-corrected chi connectivity index (χ0v) is 5.21. The summed E-state index contributed by atoms with van der Waals surface area (Å²) in [6, 6.07) is -0.543. The minimum Gasteiger partial charge on any atom is -0.395 e. The molecule has 0 aromatic heterocycles. The van der Waals surface area contributed by atoms with Crippen molar-refractivity contribution in [2.75, 3.05) is 19.7 Å². The van der Waals surface area contributed by atoms with Crippen molar-refractivity contribution in [3.05, 3.63) is 6.92 Å². The smallest absolute Gasteiger partial charge is 0.314 e. The Bertz CT molecular complexity index is 95.0. The molecule has 0 bridgehead atoms. The van der Waals surface area contributed by atoms with E-state index in [1.807, 2.05) is 0 Å². The van der Waals surface area contributed by atoms with E-state index in [0.717, 1.165) is 0 Å². The minimum absolute atomic E-state index is 0.0710. The lowest BCUT2D eigenvalue weighted by molar-refractivity contribution is 0.191. The molecule has 3 N–H and O–H groups in total. The highest BCUT2D eigenvalue weighted by atomic mass is 16.3. The summed E-state index contributed by atoms with van der Waals surface area (Å²) in [5.74, 6) is 0. The molecule has 0 saturated heterocycles. The van der Waals surface area contributed by atoms with Crippen LogP contribution in [-0.4, -0.2) is 35.7 Å². The molecule has 0 aliphatic carbocycles. The molecule has 9 heavy (non-hydrogen) atoms. The van der Waals surface area contributed by atoms with Crippen molar-refractivity contribution in [1.29, 1.82) is 0 Å². The average Bonchev–Trinajstić information content (AvgIpc) is 1.82. The molecule has 2 amide bonds. The Morgan fingerprint density at radius 1 is 1.78 bits per heavy atom. The monoisotopic (exact) mass is 131 g/mol. The van der Waals surface area contributed by atoms with E-state index in [1.54, 1.807) is 0 Å². The Morgan fingerprint density at radius 3 is 2.44 bits per heavy atom. The number of aliphatic hydroxyl groups is 1. The highest BCUT2D eigenvalue weighted by Gasteiger charge is 2.03. The van der Waals surface area contributed by atoms with Crippen LogP contribution in [0, 0.1) is 6.92 Å². The standard InChI is InChI=1S/C5H11N2O2/c1-2-7(3-4-8)5(6)9/h8H,1-4H2,(H2,6,9). The fourth-order valence-corrected chi connectivity index (χ4v) is 0.453. The lowest BCUT2D eigenvalue weighted by atomic mass is 10.5. The van der Waals surface area contributed by atoms with Crippen molar-refractivity contribution in [3.63, 3.8) is 0 Å². The predicted octanol–water partition coefficient (Wildman–Crippen LogP) is -0.807. The quantitative estimate of drug-likeness (QED) is 0.526. The summed E-state index contributed by atoms with van der Waals surface area (Å²) in [7, 11) is 0. The van der Waals surface area contributed by atoms with E-state index in [1.165, 1.54) is 4.90 Å². The highest BCUT2D eigenvalue weighted by Crippen LogP contribution is 1.83. The predicted molar refractivity (Wildman–Crippen MR) is 33.6 cm³/mol. The number of carbonyl (C=O) groups excluding carboxylic acids is 1. The van der Waals surface area contributed by atoms with Crippen LogP contribution in [0.5, 0.6) is 0 Å². The molecule has 0 fully saturated rings. The van der Waals surface area contributed by atoms with Crippen molar-refractivity contribution in [1.82, 2.24) is 4.90 Å². The average molecular weight is 131 g/mol. The third kappa shape index (κ3) is 2.92. The topological polar surface area (TPSA) is 66.6 Å². The van der Waals surface area contributed by atoms with Crippen molar-refractivity contribution in [2.45, 2.75) is 0 Å². The van der Waals surface area contributed by atoms with Crippen molar-refractivity contribution in [3.8, 4) is 0 Å². The first-order valence-electron chi connectivity index (χ1n) is 2.67. The van der Waals surface area contributed by atoms with Gasteiger partial charge in [0.25, 0.3) is 0 Å². The molecule has 4 heteroatoms. The second-order valence-electron chi connectivity index (χ2n) is 1.55. The van der Waals surface area contributed by atoms with Crippen LogP contribution in [-0.2, 0) is 0 Å². The summed E-state index contributed by atoms with van der Waals surface area (Å²) in [4.78, 5) is 11.6. The van der Waals surface area contributed by atoms with Crippen LogP contribution in [0.4, 0.5) is 4.79 Å². The first kappa shape index (κ1) is 8.23. The number of rotatable bonds is 3. The Labute approximate surface area is 54.3 Å². The number of amides is 2. The van der Waals surface area contributed by atoms with Gasteiger partial charge in [-0.2, -0.15) is 0 Å². The van der Waals surface area contributed by atoms with Gasteiger partial charge in [0.2, 0.25) is 0 Å². The Balaban J connectivity index is 3.54. The molecule has 4 nitrogen and oxygen atoms in total. The van der Waals surface area contributed by atoms with Gasteiger partial charge in [0.05, 0.1) is 6.61 Å². The third-order valence-electron chi connectivity index (χ3n) is 0.952. The Hall–Kier alpha value is -0.770. The van der Waals surface area contributed by atoms with Crippen LogP contribution in [0.15, 0.2) is 0 Å². The lowest BCUT2D eigenvalue weighted by Gasteiger charge is -2.15. The van der Waals surface area contributed by atoms with E-state index in [0.29, 0.717) is 6.54 Å². The van der Waals surface area contributed by atoms with E-state index in [-0.39, 0.29) is 13.2 Å². The van der Waals surface area contributed by atoms with Gasteiger partial charge in [-0.1, -0.05) is 0 Å². The first-order valence-corrected chi connectivity index (χ1v) is 2.67. The molecular weight excluding hydrogens is 120 g/mol. The Kier molecular flexibility index (Phi) is 3.79. The van der Waals surface area contributed by atoms with Gasteiger partial charge in [0, 0.05) is 13.1 Å². The zero-order valence-electron chi connectivity index (χ0n) is 5.21. The second-order valence-corrected chi connectivity index (χ2v) is 1.55. The number of primary amides is 1. The summed E-state index contributed by atoms with van der Waals surface area (Å²) < 4.78 is 0. The van der Waals surface area contributed by atoms with Crippen LogP contribution < -0.4 is 5.73 Å². The van der Waals surface area contributed by atoms with Crippen molar-refractivity contribution < 1.29 is 9.90 Å². The molecule has 0 aromatic rings. The van der Waals surface area contributed by atoms with Crippen LogP contribution in [0.25, 0.3) is 0 Å². The molecule has 0 rings (SSSR count). The van der Waals surface area contributed by atoms with Crippen molar-refractivity contribution in [2.24, 2.45) is 5.73 Å². The zero-order chi connectivity index (χ0) is 7.28. The molecule has 0 aliphatic rings. The first-order chi connectivity index (χ1) is 4.22. The molecule has 0 atom stereocenters. The fourth-order valence-electron chi connectivity index (χ4n) is 0.453. The highest BCUT2D eigenvalue weighted by molar-refractivity contribution is 5.71. The normalized spacial score (nSPS) is 9.11. The maximum Gasteiger partial charge on any atom is 0.314 e. The van der Waals surface area contributed by atoms with E-state index >= 15 is 0 Å². The summed E-state index contributed by atoms with van der Waals surface area (Å²) in [5, 5.41) is 8.34. The van der Waals surface area contributed by atoms with Crippen LogP contribution in [0.3, 0.4) is 0 Å². The largest absolute Gasteiger partial charge is 0.395 e. The summed E-state index contributed by atoms with van der Waals surface area (Å²) in [5.41, 5.74) is 4.87.